The third-order valence-electron chi connectivity index (χ3n) is 16.1. The lowest BCUT2D eigenvalue weighted by molar-refractivity contribution is -0.143. The zero-order valence-electron chi connectivity index (χ0n) is 50.4. The SMILES string of the molecule is CCCCCCCCC/C=C\CCCCCCCCCC(=O)OCCCCCCCCCCCCCCCCCCCCCCCC(=O)NC(CO)C(O)CCCCCCCCCCCCCCCCCCCC. The first-order valence-electron chi connectivity index (χ1n) is 33.9. The number of esters is 1. The molecule has 0 radical (unpaired) electrons. The molecule has 440 valence electrons. The monoisotopic (exact) mass is 1040 g/mol. The molecule has 1 amide bonds. The maximum Gasteiger partial charge on any atom is 0.305 e. The molecule has 0 aromatic heterocycles. The fourth-order valence-electron chi connectivity index (χ4n) is 10.9. The minimum atomic E-state index is -0.665. The Morgan fingerprint density at radius 3 is 0.959 bits per heavy atom. The van der Waals surface area contributed by atoms with Crippen molar-refractivity contribution in [2.45, 2.75) is 398 Å². The number of carbonyl (C=O) groups excluding carboxylic acids is 2. The van der Waals surface area contributed by atoms with E-state index in [0.717, 1.165) is 44.9 Å². The molecule has 0 rings (SSSR count). The third kappa shape index (κ3) is 59.8. The van der Waals surface area contributed by atoms with Gasteiger partial charge in [-0.25, -0.2) is 0 Å². The lowest BCUT2D eigenvalue weighted by Crippen LogP contribution is -2.45. The number of nitrogens with one attached hydrogen (secondary N) is 1. The van der Waals surface area contributed by atoms with Crippen LogP contribution in [0, 0.1) is 0 Å². The molecule has 0 saturated heterocycles. The third-order valence-corrected chi connectivity index (χ3v) is 16.1. The van der Waals surface area contributed by atoms with Crippen molar-refractivity contribution in [2.75, 3.05) is 13.2 Å². The zero-order chi connectivity index (χ0) is 53.6. The molecule has 0 bridgehead atoms. The quantitative estimate of drug-likeness (QED) is 0.0320. The summed E-state index contributed by atoms with van der Waals surface area (Å²) in [4.78, 5) is 24.6. The van der Waals surface area contributed by atoms with Crippen molar-refractivity contribution < 1.29 is 24.5 Å². The molecule has 0 fully saturated rings. The molecule has 2 atom stereocenters. The Labute approximate surface area is 463 Å². The van der Waals surface area contributed by atoms with Crippen molar-refractivity contribution in [1.29, 1.82) is 0 Å². The zero-order valence-corrected chi connectivity index (χ0v) is 50.4. The van der Waals surface area contributed by atoms with Crippen LogP contribution in [-0.2, 0) is 14.3 Å². The van der Waals surface area contributed by atoms with Crippen LogP contribution < -0.4 is 5.32 Å². The summed E-state index contributed by atoms with van der Waals surface area (Å²) < 4.78 is 5.50. The molecule has 0 spiro atoms. The Bertz CT molecular complexity index is 1110. The van der Waals surface area contributed by atoms with Gasteiger partial charge in [0.15, 0.2) is 0 Å². The number of allylic oxidation sites excluding steroid dienone is 2. The number of rotatable bonds is 64. The lowest BCUT2D eigenvalue weighted by atomic mass is 10.0. The number of ether oxygens (including phenoxy) is 1. The summed E-state index contributed by atoms with van der Waals surface area (Å²) in [5.41, 5.74) is 0. The first kappa shape index (κ1) is 72.6. The smallest absolute Gasteiger partial charge is 0.305 e. The van der Waals surface area contributed by atoms with E-state index in [1.165, 1.54) is 308 Å². The van der Waals surface area contributed by atoms with Crippen LogP contribution in [0.5, 0.6) is 0 Å². The van der Waals surface area contributed by atoms with Crippen LogP contribution in [0.25, 0.3) is 0 Å². The summed E-state index contributed by atoms with van der Waals surface area (Å²) in [5.74, 6) is -0.0217. The molecule has 0 aromatic rings. The van der Waals surface area contributed by atoms with Crippen molar-refractivity contribution in [3.63, 3.8) is 0 Å². The van der Waals surface area contributed by atoms with E-state index in [2.05, 4.69) is 31.3 Å². The van der Waals surface area contributed by atoms with Crippen LogP contribution >= 0.6 is 0 Å². The summed E-state index contributed by atoms with van der Waals surface area (Å²) in [6.45, 7) is 4.98. The minimum absolute atomic E-state index is 0.0103. The number of unbranched alkanes of at least 4 members (excludes halogenated alkanes) is 51. The van der Waals surface area contributed by atoms with Crippen molar-refractivity contribution in [1.82, 2.24) is 5.32 Å². The first-order valence-corrected chi connectivity index (χ1v) is 33.9. The van der Waals surface area contributed by atoms with Gasteiger partial charge in [-0.3, -0.25) is 9.59 Å². The van der Waals surface area contributed by atoms with E-state index in [-0.39, 0.29) is 18.5 Å². The van der Waals surface area contributed by atoms with Crippen LogP contribution in [0.4, 0.5) is 0 Å². The standard InChI is InChI=1S/C68H133NO5/c1-3-5-7-9-11-13-15-17-19-21-28-32-36-40-44-48-52-56-60-66(71)65(64-70)69-67(72)61-57-53-49-45-41-37-33-29-26-24-23-25-27-31-35-39-43-47-51-55-59-63-74-68(73)62-58-54-50-46-42-38-34-30-22-20-18-16-14-12-10-8-6-4-2/h20,22,65-66,70-71H,3-19,21,23-64H2,1-2H3,(H,69,72)/b22-20-. The Morgan fingerprint density at radius 2 is 0.635 bits per heavy atom. The predicted octanol–water partition coefficient (Wildman–Crippen LogP) is 21.6. The van der Waals surface area contributed by atoms with E-state index >= 15 is 0 Å². The molecule has 3 N–H and O–H groups in total. The Hall–Kier alpha value is -1.40. The predicted molar refractivity (Wildman–Crippen MR) is 324 cm³/mol. The summed E-state index contributed by atoms with van der Waals surface area (Å²) in [6, 6.07) is -0.542. The number of aliphatic hydroxyl groups is 2. The number of hydrogen-bond acceptors (Lipinski definition) is 5. The highest BCUT2D eigenvalue weighted by Crippen LogP contribution is 2.19. The normalized spacial score (nSPS) is 12.5. The molecule has 2 unspecified atom stereocenters. The number of amides is 1. The second-order valence-corrected chi connectivity index (χ2v) is 23.5. The van der Waals surface area contributed by atoms with Crippen LogP contribution in [-0.4, -0.2) is 47.4 Å². The average Bonchev–Trinajstić information content (AvgIpc) is 3.40. The van der Waals surface area contributed by atoms with Gasteiger partial charge in [-0.05, 0) is 51.4 Å². The topological polar surface area (TPSA) is 95.9 Å². The summed E-state index contributed by atoms with van der Waals surface area (Å²) in [7, 11) is 0. The van der Waals surface area contributed by atoms with Gasteiger partial charge in [-0.1, -0.05) is 334 Å². The van der Waals surface area contributed by atoms with Crippen molar-refractivity contribution in [2.24, 2.45) is 0 Å². The van der Waals surface area contributed by atoms with Crippen molar-refractivity contribution >= 4 is 11.9 Å². The molecule has 0 aromatic carbocycles. The lowest BCUT2D eigenvalue weighted by Gasteiger charge is -2.22. The fraction of sp³-hybridized carbons (Fsp3) is 0.941. The maximum atomic E-state index is 12.5. The van der Waals surface area contributed by atoms with Gasteiger partial charge in [0.05, 0.1) is 25.4 Å². The van der Waals surface area contributed by atoms with Crippen LogP contribution in [0.15, 0.2) is 12.2 Å². The van der Waals surface area contributed by atoms with Gasteiger partial charge in [-0.15, -0.1) is 0 Å². The highest BCUT2D eigenvalue weighted by Gasteiger charge is 2.20. The summed E-state index contributed by atoms with van der Waals surface area (Å²) >= 11 is 0. The molecule has 6 nitrogen and oxygen atoms in total. The van der Waals surface area contributed by atoms with Gasteiger partial charge in [0.2, 0.25) is 5.91 Å². The van der Waals surface area contributed by atoms with Crippen LogP contribution in [0.2, 0.25) is 0 Å². The number of aliphatic hydroxyl groups excluding tert-OH is 2. The molecule has 0 aliphatic heterocycles. The van der Waals surface area contributed by atoms with Crippen molar-refractivity contribution in [3.05, 3.63) is 12.2 Å². The molecular weight excluding hydrogens is 911 g/mol. The van der Waals surface area contributed by atoms with Gasteiger partial charge in [0.25, 0.3) is 0 Å². The summed E-state index contributed by atoms with van der Waals surface area (Å²) in [5, 5.41) is 23.4. The Morgan fingerprint density at radius 1 is 0.365 bits per heavy atom. The van der Waals surface area contributed by atoms with E-state index in [1.54, 1.807) is 0 Å². The van der Waals surface area contributed by atoms with Crippen LogP contribution in [0.1, 0.15) is 386 Å². The van der Waals surface area contributed by atoms with E-state index in [0.29, 0.717) is 25.9 Å². The van der Waals surface area contributed by atoms with Gasteiger partial charge in [-0.2, -0.15) is 0 Å². The molecular formula is C68H133NO5. The van der Waals surface area contributed by atoms with E-state index in [1.807, 2.05) is 0 Å². The largest absolute Gasteiger partial charge is 0.466 e. The van der Waals surface area contributed by atoms with Gasteiger partial charge in [0.1, 0.15) is 0 Å². The molecule has 0 aliphatic carbocycles. The highest BCUT2D eigenvalue weighted by atomic mass is 16.5. The van der Waals surface area contributed by atoms with E-state index in [4.69, 9.17) is 4.74 Å². The molecule has 0 heterocycles. The Kier molecular flexibility index (Phi) is 62.9. The molecule has 0 saturated carbocycles. The van der Waals surface area contributed by atoms with Gasteiger partial charge < -0.3 is 20.3 Å². The second kappa shape index (κ2) is 64.1. The minimum Gasteiger partial charge on any atom is -0.466 e. The van der Waals surface area contributed by atoms with Crippen LogP contribution in [0.3, 0.4) is 0 Å². The molecule has 6 heteroatoms. The van der Waals surface area contributed by atoms with E-state index < -0.39 is 12.1 Å². The summed E-state index contributed by atoms with van der Waals surface area (Å²) in [6.07, 6.45) is 78.1. The maximum absolute atomic E-state index is 12.5. The molecule has 74 heavy (non-hydrogen) atoms. The molecule has 0 aliphatic rings. The van der Waals surface area contributed by atoms with Gasteiger partial charge in [0, 0.05) is 12.8 Å². The average molecular weight is 1040 g/mol. The first-order chi connectivity index (χ1) is 36.5. The van der Waals surface area contributed by atoms with E-state index in [9.17, 15) is 19.8 Å². The second-order valence-electron chi connectivity index (χ2n) is 23.5. The van der Waals surface area contributed by atoms with Crippen molar-refractivity contribution in [3.8, 4) is 0 Å². The number of hydrogen-bond donors (Lipinski definition) is 3. The highest BCUT2D eigenvalue weighted by molar-refractivity contribution is 5.76. The number of carbonyl (C=O) groups is 2. The fourth-order valence-corrected chi connectivity index (χ4v) is 10.9. The van der Waals surface area contributed by atoms with Gasteiger partial charge >= 0.3 is 5.97 Å². The Balaban J connectivity index is 3.37.